The number of nitrogens with zero attached hydrogens (tertiary/aromatic N) is 5. The van der Waals surface area contributed by atoms with E-state index in [1.54, 1.807) is 18.4 Å². The van der Waals surface area contributed by atoms with Crippen molar-refractivity contribution >= 4 is 67.5 Å². The Morgan fingerprint density at radius 2 is 1.67 bits per heavy atom. The van der Waals surface area contributed by atoms with Gasteiger partial charge in [-0.1, -0.05) is 29.3 Å². The second-order valence-electron chi connectivity index (χ2n) is 9.72. The van der Waals surface area contributed by atoms with Crippen molar-refractivity contribution in [1.82, 2.24) is 4.57 Å². The van der Waals surface area contributed by atoms with Crippen LogP contribution in [0.25, 0.3) is 22.0 Å². The summed E-state index contributed by atoms with van der Waals surface area (Å²) < 4.78 is 134. The number of hydrogen-bond acceptors (Lipinski definition) is 5. The minimum atomic E-state index is -4.98. The molecule has 0 bridgehead atoms. The van der Waals surface area contributed by atoms with Crippen LogP contribution in [-0.2, 0) is 28.7 Å². The molecule has 3 aromatic rings. The Balaban J connectivity index is 1.94. The number of aromatic nitrogens is 2. The molecule has 0 radical (unpaired) electrons. The van der Waals surface area contributed by atoms with Gasteiger partial charge in [-0.15, -0.1) is 0 Å². The molecule has 0 atom stereocenters. The maximum atomic E-state index is 14.4. The van der Waals surface area contributed by atoms with Crippen molar-refractivity contribution in [3.8, 4) is 0 Å². The van der Waals surface area contributed by atoms with Crippen LogP contribution in [0.1, 0.15) is 25.2 Å². The van der Waals surface area contributed by atoms with Gasteiger partial charge in [-0.3, -0.25) is 0 Å². The van der Waals surface area contributed by atoms with Crippen molar-refractivity contribution in [1.29, 1.82) is 0 Å². The lowest BCUT2D eigenvalue weighted by Crippen LogP contribution is -2.42. The molecule has 0 amide bonds. The molecular weight excluding hydrogens is 678 g/mol. The first-order valence-corrected chi connectivity index (χ1v) is 15.2. The number of fused-ring (bicyclic) bond motifs is 2. The highest BCUT2D eigenvalue weighted by Gasteiger charge is 2.47. The molecule has 2 heterocycles. The van der Waals surface area contributed by atoms with Crippen molar-refractivity contribution in [2.24, 2.45) is 0 Å². The molecule has 8 nitrogen and oxygen atoms in total. The molecule has 0 unspecified atom stereocenters. The van der Waals surface area contributed by atoms with Gasteiger partial charge in [0, 0.05) is 12.6 Å². The van der Waals surface area contributed by atoms with Gasteiger partial charge in [0.1, 0.15) is 15.9 Å². The fraction of sp³-hybridized carbons (Fsp3) is 0.333. The number of imidazole rings is 1. The summed E-state index contributed by atoms with van der Waals surface area (Å²) in [7, 11) is -4.90. The van der Waals surface area contributed by atoms with E-state index in [4.69, 9.17) is 29.8 Å². The largest absolute Gasteiger partial charge is 0.745 e. The van der Waals surface area contributed by atoms with Crippen molar-refractivity contribution in [2.45, 2.75) is 44.8 Å². The average molecular weight is 700 g/mol. The van der Waals surface area contributed by atoms with Gasteiger partial charge in [-0.05, 0) is 44.2 Å². The Kier molecular flexibility index (Phi) is 9.43. The van der Waals surface area contributed by atoms with Crippen molar-refractivity contribution in [2.75, 3.05) is 22.9 Å². The van der Waals surface area contributed by atoms with E-state index >= 15 is 0 Å². The van der Waals surface area contributed by atoms with Gasteiger partial charge in [0.05, 0.1) is 46.6 Å². The van der Waals surface area contributed by atoms with Gasteiger partial charge in [0.25, 0.3) is 5.82 Å². The second-order valence-corrected chi connectivity index (χ2v) is 11.9. The Bertz CT molecular complexity index is 1870. The molecule has 0 saturated carbocycles. The van der Waals surface area contributed by atoms with Crippen LogP contribution in [0.5, 0.6) is 0 Å². The van der Waals surface area contributed by atoms with E-state index in [0.29, 0.717) is 16.5 Å². The predicted octanol–water partition coefficient (Wildman–Crippen LogP) is 7.43. The fourth-order valence-electron chi connectivity index (χ4n) is 5.03. The standard InChI is InChI=1S/C27H22Cl2F7N5O3S/c1-4-38-20-10-16(28)15(27(34,35)36)9-19(20)40(13-26(32,33)25(30)31)23(38)7-6-8-24-39(5-2)21-11-17(29)18(37-3)12-22(21)41(24)14-45(42,43)44/h6-12,25H,4-5,13-14H2,1-2H3. The highest BCUT2D eigenvalue weighted by atomic mass is 35.5. The van der Waals surface area contributed by atoms with Gasteiger partial charge in [0.2, 0.25) is 5.69 Å². The van der Waals surface area contributed by atoms with E-state index in [1.165, 1.54) is 29.2 Å². The van der Waals surface area contributed by atoms with Crippen LogP contribution in [0.4, 0.5) is 47.8 Å². The molecule has 45 heavy (non-hydrogen) atoms. The van der Waals surface area contributed by atoms with Crippen LogP contribution < -0.4 is 14.4 Å². The van der Waals surface area contributed by atoms with E-state index in [1.807, 2.05) is 0 Å². The first kappa shape index (κ1) is 34.4. The summed E-state index contributed by atoms with van der Waals surface area (Å²) in [5, 5.41) is -0.684. The number of anilines is 2. The van der Waals surface area contributed by atoms with E-state index in [0.717, 1.165) is 16.7 Å². The highest BCUT2D eigenvalue weighted by molar-refractivity contribution is 7.84. The third kappa shape index (κ3) is 6.71. The summed E-state index contributed by atoms with van der Waals surface area (Å²) in [6, 6.07) is 4.11. The van der Waals surface area contributed by atoms with Crippen LogP contribution >= 0.6 is 23.2 Å². The SMILES string of the molecule is [C-]#[N+]c1cc2c(cc1Cl)n(CC)c(C=CC=C1N(CC)c3cc(Cl)c(C(F)(F)F)cc3N1CC(F)(F)C(F)F)[n+]2CS(=O)(=O)[O-]. The van der Waals surface area contributed by atoms with Crippen LogP contribution in [0, 0.1) is 6.57 Å². The number of benzene rings is 2. The molecule has 2 aromatic carbocycles. The zero-order chi connectivity index (χ0) is 33.6. The van der Waals surface area contributed by atoms with E-state index in [2.05, 4.69) is 4.85 Å². The first-order valence-electron chi connectivity index (χ1n) is 12.9. The van der Waals surface area contributed by atoms with Crippen LogP contribution in [0.2, 0.25) is 10.0 Å². The summed E-state index contributed by atoms with van der Waals surface area (Å²) in [6.07, 6.45) is -5.43. The molecule has 18 heteroatoms. The van der Waals surface area contributed by atoms with Crippen LogP contribution in [0.15, 0.2) is 42.2 Å². The lowest BCUT2D eigenvalue weighted by Gasteiger charge is -2.28. The van der Waals surface area contributed by atoms with E-state index in [-0.39, 0.29) is 46.6 Å². The number of aryl methyl sites for hydroxylation is 1. The molecule has 0 fully saturated rings. The van der Waals surface area contributed by atoms with Gasteiger partial charge in [-0.2, -0.15) is 22.0 Å². The summed E-state index contributed by atoms with van der Waals surface area (Å²) in [6.45, 7) is 9.06. The zero-order valence-corrected chi connectivity index (χ0v) is 25.5. The molecule has 1 aliphatic heterocycles. The van der Waals surface area contributed by atoms with Gasteiger partial charge < -0.3 is 14.4 Å². The Hall–Kier alpha value is -3.52. The second kappa shape index (κ2) is 12.3. The summed E-state index contributed by atoms with van der Waals surface area (Å²) in [5.41, 5.74) is -1.36. The minimum absolute atomic E-state index is 0.00728. The Morgan fingerprint density at radius 1 is 1.02 bits per heavy atom. The predicted molar refractivity (Wildman–Crippen MR) is 154 cm³/mol. The monoisotopic (exact) mass is 699 g/mol. The fourth-order valence-corrected chi connectivity index (χ4v) is 6.08. The smallest absolute Gasteiger partial charge is 0.417 e. The number of hydrogen-bond donors (Lipinski definition) is 0. The lowest BCUT2D eigenvalue weighted by molar-refractivity contribution is -0.654. The molecule has 0 aliphatic carbocycles. The molecule has 1 aromatic heterocycles. The number of alkyl halides is 7. The number of halogens is 9. The van der Waals surface area contributed by atoms with Crippen molar-refractivity contribution in [3.05, 3.63) is 75.1 Å². The minimum Gasteiger partial charge on any atom is -0.745 e. The third-order valence-electron chi connectivity index (χ3n) is 6.90. The lowest BCUT2D eigenvalue weighted by atomic mass is 10.1. The number of allylic oxidation sites excluding steroid dienone is 2. The zero-order valence-electron chi connectivity index (χ0n) is 23.2. The normalized spacial score (nSPS) is 15.2. The van der Waals surface area contributed by atoms with Gasteiger partial charge >= 0.3 is 18.5 Å². The third-order valence-corrected chi connectivity index (χ3v) is 8.09. The van der Waals surface area contributed by atoms with Crippen molar-refractivity contribution in [3.63, 3.8) is 0 Å². The Morgan fingerprint density at radius 3 is 2.20 bits per heavy atom. The first-order chi connectivity index (χ1) is 20.8. The summed E-state index contributed by atoms with van der Waals surface area (Å²) in [4.78, 5) is 5.20. The Labute approximate surface area is 262 Å². The topological polar surface area (TPSA) is 76.8 Å². The molecule has 242 valence electrons. The molecule has 0 N–H and O–H groups in total. The summed E-state index contributed by atoms with van der Waals surface area (Å²) >= 11 is 12.1. The van der Waals surface area contributed by atoms with Gasteiger partial charge in [0.15, 0.2) is 16.9 Å². The molecule has 1 aliphatic rings. The number of rotatable bonds is 9. The molecular formula is C27H22Cl2F7N5O3S. The maximum absolute atomic E-state index is 14.4. The molecule has 4 rings (SSSR count). The maximum Gasteiger partial charge on any atom is 0.417 e. The van der Waals surface area contributed by atoms with E-state index in [9.17, 15) is 43.7 Å². The van der Waals surface area contributed by atoms with E-state index < -0.39 is 57.3 Å². The van der Waals surface area contributed by atoms with Gasteiger partial charge in [-0.25, -0.2) is 31.2 Å². The van der Waals surface area contributed by atoms with Crippen LogP contribution in [-0.4, -0.2) is 43.0 Å². The highest BCUT2D eigenvalue weighted by Crippen LogP contribution is 2.48. The van der Waals surface area contributed by atoms with Crippen molar-refractivity contribution < 1.29 is 48.3 Å². The quantitative estimate of drug-likeness (QED) is 0.101. The average Bonchev–Trinajstić information content (AvgIpc) is 3.35. The summed E-state index contributed by atoms with van der Waals surface area (Å²) in [5.74, 6) is -5.82. The molecule has 0 saturated heterocycles. The molecule has 0 spiro atoms. The van der Waals surface area contributed by atoms with Crippen LogP contribution in [0.3, 0.4) is 0 Å².